The lowest BCUT2D eigenvalue weighted by molar-refractivity contribution is 0.414. The van der Waals surface area contributed by atoms with Crippen LogP contribution >= 0.6 is 0 Å². The Morgan fingerprint density at radius 1 is 1.08 bits per heavy atom. The van der Waals surface area contributed by atoms with Crippen molar-refractivity contribution in [1.29, 1.82) is 0 Å². The summed E-state index contributed by atoms with van der Waals surface area (Å²) < 4.78 is 0. The number of nitrogens with one attached hydrogen (secondary N) is 1. The van der Waals surface area contributed by atoms with Gasteiger partial charge in [-0.15, -0.1) is 0 Å². The monoisotopic (exact) mass is 331 g/mol. The summed E-state index contributed by atoms with van der Waals surface area (Å²) in [5, 5.41) is 3.60. The van der Waals surface area contributed by atoms with Crippen LogP contribution in [0.4, 0.5) is 11.4 Å². The highest BCUT2D eigenvalue weighted by atomic mass is 15.2. The maximum atomic E-state index is 4.96. The molecular formula is C22H25N3. The van der Waals surface area contributed by atoms with Crippen LogP contribution in [-0.2, 0) is 0 Å². The SMILES string of the molecule is CCCCN1CC(c2cccc3c2C=Cc2ccccc2N3)N=C1C. The summed E-state index contributed by atoms with van der Waals surface area (Å²) in [6.07, 6.45) is 6.89. The van der Waals surface area contributed by atoms with E-state index >= 15 is 0 Å². The predicted octanol–water partition coefficient (Wildman–Crippen LogP) is 5.49. The maximum absolute atomic E-state index is 4.96. The second-order valence-corrected chi connectivity index (χ2v) is 6.85. The summed E-state index contributed by atoms with van der Waals surface area (Å²) >= 11 is 0. The molecular weight excluding hydrogens is 306 g/mol. The summed E-state index contributed by atoms with van der Waals surface area (Å²) in [5.74, 6) is 1.17. The van der Waals surface area contributed by atoms with Crippen LogP contribution in [0.15, 0.2) is 47.5 Å². The lowest BCUT2D eigenvalue weighted by atomic mass is 9.98. The molecule has 1 unspecified atom stereocenters. The number of benzene rings is 2. The fraction of sp³-hybridized carbons (Fsp3) is 0.318. The molecule has 0 fully saturated rings. The molecule has 0 saturated carbocycles. The maximum Gasteiger partial charge on any atom is 0.0966 e. The Balaban J connectivity index is 1.67. The molecule has 0 amide bonds. The largest absolute Gasteiger partial charge is 0.358 e. The smallest absolute Gasteiger partial charge is 0.0966 e. The molecule has 2 heterocycles. The van der Waals surface area contributed by atoms with Gasteiger partial charge in [0.1, 0.15) is 0 Å². The Morgan fingerprint density at radius 2 is 1.92 bits per heavy atom. The van der Waals surface area contributed by atoms with E-state index in [0.29, 0.717) is 0 Å². The third kappa shape index (κ3) is 3.07. The van der Waals surface area contributed by atoms with Crippen LogP contribution in [0, 0.1) is 0 Å². The lowest BCUT2D eigenvalue weighted by Gasteiger charge is -2.20. The van der Waals surface area contributed by atoms with Gasteiger partial charge in [0.2, 0.25) is 0 Å². The number of nitrogens with zero attached hydrogens (tertiary/aromatic N) is 2. The Hall–Kier alpha value is -2.55. The van der Waals surface area contributed by atoms with Gasteiger partial charge in [-0.3, -0.25) is 4.99 Å². The number of hydrogen-bond acceptors (Lipinski definition) is 3. The van der Waals surface area contributed by atoms with E-state index in [9.17, 15) is 0 Å². The quantitative estimate of drug-likeness (QED) is 0.684. The van der Waals surface area contributed by atoms with E-state index in [4.69, 9.17) is 4.99 Å². The van der Waals surface area contributed by atoms with Crippen molar-refractivity contribution in [2.24, 2.45) is 4.99 Å². The van der Waals surface area contributed by atoms with Crippen molar-refractivity contribution in [2.45, 2.75) is 32.7 Å². The van der Waals surface area contributed by atoms with Gasteiger partial charge in [0.25, 0.3) is 0 Å². The van der Waals surface area contributed by atoms with E-state index in [1.54, 1.807) is 0 Å². The highest BCUT2D eigenvalue weighted by Crippen LogP contribution is 2.36. The van der Waals surface area contributed by atoms with Crippen LogP contribution < -0.4 is 5.32 Å². The predicted molar refractivity (Wildman–Crippen MR) is 107 cm³/mol. The van der Waals surface area contributed by atoms with Crippen LogP contribution in [0.2, 0.25) is 0 Å². The van der Waals surface area contributed by atoms with Crippen LogP contribution in [0.3, 0.4) is 0 Å². The van der Waals surface area contributed by atoms with E-state index in [1.807, 2.05) is 0 Å². The number of amidine groups is 1. The number of aliphatic imine (C=N–C) groups is 1. The summed E-state index contributed by atoms with van der Waals surface area (Å²) in [7, 11) is 0. The first kappa shape index (κ1) is 15.9. The van der Waals surface area contributed by atoms with Gasteiger partial charge < -0.3 is 10.2 Å². The number of unbranched alkanes of at least 4 members (excludes halogenated alkanes) is 1. The minimum atomic E-state index is 0.222. The van der Waals surface area contributed by atoms with Crippen LogP contribution in [-0.4, -0.2) is 23.8 Å². The third-order valence-electron chi connectivity index (χ3n) is 5.13. The van der Waals surface area contributed by atoms with E-state index in [2.05, 4.69) is 78.7 Å². The highest BCUT2D eigenvalue weighted by molar-refractivity contribution is 5.89. The molecule has 0 saturated heterocycles. The zero-order chi connectivity index (χ0) is 17.2. The molecule has 3 nitrogen and oxygen atoms in total. The van der Waals surface area contributed by atoms with Crippen molar-refractivity contribution >= 4 is 29.4 Å². The molecule has 0 aromatic heterocycles. The Morgan fingerprint density at radius 3 is 2.80 bits per heavy atom. The zero-order valence-electron chi connectivity index (χ0n) is 15.0. The number of rotatable bonds is 4. The number of hydrogen-bond donors (Lipinski definition) is 1. The molecule has 0 spiro atoms. The van der Waals surface area contributed by atoms with Crippen LogP contribution in [0.25, 0.3) is 12.2 Å². The molecule has 4 rings (SSSR count). The molecule has 1 atom stereocenters. The van der Waals surface area contributed by atoms with E-state index in [-0.39, 0.29) is 6.04 Å². The molecule has 2 aliphatic heterocycles. The zero-order valence-corrected chi connectivity index (χ0v) is 15.0. The van der Waals surface area contributed by atoms with E-state index in [1.165, 1.54) is 41.1 Å². The molecule has 2 aromatic rings. The van der Waals surface area contributed by atoms with Gasteiger partial charge in [-0.1, -0.05) is 55.8 Å². The third-order valence-corrected chi connectivity index (χ3v) is 5.13. The standard InChI is InChI=1S/C22H25N3/c1-3-4-14-25-15-22(23-16(25)2)18-9-7-11-21-19(18)13-12-17-8-5-6-10-20(17)24-21/h5-13,22,24H,3-4,14-15H2,1-2H3. The normalized spacial score (nSPS) is 18.2. The molecule has 0 bridgehead atoms. The Labute approximate surface area is 150 Å². The minimum absolute atomic E-state index is 0.222. The first-order valence-corrected chi connectivity index (χ1v) is 9.22. The molecule has 2 aromatic carbocycles. The van der Waals surface area contributed by atoms with Gasteiger partial charge >= 0.3 is 0 Å². The molecule has 128 valence electrons. The summed E-state index contributed by atoms with van der Waals surface area (Å²) in [6.45, 7) is 6.48. The molecule has 0 aliphatic carbocycles. The van der Waals surface area contributed by atoms with Gasteiger partial charge in [0.05, 0.1) is 11.9 Å². The van der Waals surface area contributed by atoms with Crippen LogP contribution in [0.5, 0.6) is 0 Å². The molecule has 25 heavy (non-hydrogen) atoms. The molecule has 3 heteroatoms. The van der Waals surface area contributed by atoms with Gasteiger partial charge in [-0.25, -0.2) is 0 Å². The number of anilines is 2. The van der Waals surface area contributed by atoms with Gasteiger partial charge in [0.15, 0.2) is 0 Å². The summed E-state index contributed by atoms with van der Waals surface area (Å²) in [6, 6.07) is 15.2. The first-order chi connectivity index (χ1) is 12.3. The fourth-order valence-electron chi connectivity index (χ4n) is 3.70. The minimum Gasteiger partial charge on any atom is -0.358 e. The van der Waals surface area contributed by atoms with Crippen LogP contribution in [0.1, 0.15) is 49.4 Å². The first-order valence-electron chi connectivity index (χ1n) is 9.22. The van der Waals surface area contributed by atoms with Gasteiger partial charge in [-0.05, 0) is 36.6 Å². The molecule has 2 aliphatic rings. The van der Waals surface area contributed by atoms with Crippen molar-refractivity contribution in [2.75, 3.05) is 18.4 Å². The topological polar surface area (TPSA) is 27.6 Å². The fourth-order valence-corrected chi connectivity index (χ4v) is 3.70. The summed E-state index contributed by atoms with van der Waals surface area (Å²) in [5.41, 5.74) is 6.12. The van der Waals surface area contributed by atoms with Gasteiger partial charge in [-0.2, -0.15) is 0 Å². The second kappa shape index (κ2) is 6.75. The number of para-hydroxylation sites is 1. The molecule has 0 radical (unpaired) electrons. The van der Waals surface area contributed by atoms with Crippen molar-refractivity contribution in [3.8, 4) is 0 Å². The van der Waals surface area contributed by atoms with Crippen molar-refractivity contribution < 1.29 is 0 Å². The second-order valence-electron chi connectivity index (χ2n) is 6.85. The summed E-state index contributed by atoms with van der Waals surface area (Å²) in [4.78, 5) is 7.39. The number of fused-ring (bicyclic) bond motifs is 2. The van der Waals surface area contributed by atoms with E-state index < -0.39 is 0 Å². The Kier molecular flexibility index (Phi) is 4.31. The van der Waals surface area contributed by atoms with Crippen molar-refractivity contribution in [3.05, 3.63) is 59.2 Å². The van der Waals surface area contributed by atoms with E-state index in [0.717, 1.165) is 18.8 Å². The lowest BCUT2D eigenvalue weighted by Crippen LogP contribution is -2.27. The average molecular weight is 331 g/mol. The van der Waals surface area contributed by atoms with Crippen molar-refractivity contribution in [1.82, 2.24) is 4.90 Å². The molecule has 1 N–H and O–H groups in total. The van der Waals surface area contributed by atoms with Gasteiger partial charge in [0, 0.05) is 30.0 Å². The Bertz CT molecular complexity index is 835. The average Bonchev–Trinajstić information content (AvgIpc) is 2.88. The highest BCUT2D eigenvalue weighted by Gasteiger charge is 2.26. The van der Waals surface area contributed by atoms with Crippen molar-refractivity contribution in [3.63, 3.8) is 0 Å².